The van der Waals surface area contributed by atoms with Crippen LogP contribution in [0.1, 0.15) is 19.3 Å². The lowest BCUT2D eigenvalue weighted by molar-refractivity contribution is 0.0262. The number of aliphatic hydroxyl groups excluding tert-OH is 1. The third-order valence-electron chi connectivity index (χ3n) is 2.00. The Morgan fingerprint density at radius 2 is 2.27 bits per heavy atom. The van der Waals surface area contributed by atoms with E-state index >= 15 is 0 Å². The standard InChI is InChI=1S/C8H17NO2/c9-6-8(11-4-3-10)5-7-1-2-7/h7-8,10H,1-6,9H2. The zero-order valence-electron chi connectivity index (χ0n) is 6.83. The number of hydrogen-bond donors (Lipinski definition) is 2. The highest BCUT2D eigenvalue weighted by Gasteiger charge is 2.24. The zero-order chi connectivity index (χ0) is 8.10. The molecular weight excluding hydrogens is 142 g/mol. The first-order valence-corrected chi connectivity index (χ1v) is 4.29. The summed E-state index contributed by atoms with van der Waals surface area (Å²) in [6.45, 7) is 1.10. The molecule has 0 aromatic carbocycles. The second kappa shape index (κ2) is 4.70. The molecule has 1 aliphatic carbocycles. The average Bonchev–Trinajstić information content (AvgIpc) is 2.81. The van der Waals surface area contributed by atoms with Crippen molar-refractivity contribution in [1.29, 1.82) is 0 Å². The number of nitrogens with two attached hydrogens (primary N) is 1. The van der Waals surface area contributed by atoms with Crippen molar-refractivity contribution in [1.82, 2.24) is 0 Å². The molecule has 3 N–H and O–H groups in total. The van der Waals surface area contributed by atoms with Crippen molar-refractivity contribution in [2.45, 2.75) is 25.4 Å². The number of aliphatic hydroxyl groups is 1. The van der Waals surface area contributed by atoms with Crippen LogP contribution in [0.25, 0.3) is 0 Å². The fourth-order valence-electron chi connectivity index (χ4n) is 1.18. The van der Waals surface area contributed by atoms with Crippen molar-refractivity contribution >= 4 is 0 Å². The summed E-state index contributed by atoms with van der Waals surface area (Å²) >= 11 is 0. The molecule has 1 atom stereocenters. The molecule has 1 fully saturated rings. The number of hydrogen-bond acceptors (Lipinski definition) is 3. The number of ether oxygens (including phenoxy) is 1. The highest BCUT2D eigenvalue weighted by atomic mass is 16.5. The molecule has 0 aliphatic heterocycles. The molecular formula is C8H17NO2. The first-order valence-electron chi connectivity index (χ1n) is 4.29. The SMILES string of the molecule is NCC(CC1CC1)OCCO. The van der Waals surface area contributed by atoms with Crippen molar-refractivity contribution in [3.8, 4) is 0 Å². The second-order valence-electron chi connectivity index (χ2n) is 3.13. The fraction of sp³-hybridized carbons (Fsp3) is 1.00. The highest BCUT2D eigenvalue weighted by Crippen LogP contribution is 2.33. The van der Waals surface area contributed by atoms with Gasteiger partial charge in [-0.15, -0.1) is 0 Å². The maximum Gasteiger partial charge on any atom is 0.0702 e. The minimum atomic E-state index is 0.0984. The van der Waals surface area contributed by atoms with E-state index < -0.39 is 0 Å². The van der Waals surface area contributed by atoms with Crippen LogP contribution in [-0.4, -0.2) is 31.0 Å². The Balaban J connectivity index is 2.02. The van der Waals surface area contributed by atoms with E-state index in [0.29, 0.717) is 13.2 Å². The van der Waals surface area contributed by atoms with Gasteiger partial charge in [0, 0.05) is 6.54 Å². The molecule has 66 valence electrons. The van der Waals surface area contributed by atoms with Gasteiger partial charge >= 0.3 is 0 Å². The van der Waals surface area contributed by atoms with E-state index in [1.165, 1.54) is 12.8 Å². The predicted molar refractivity (Wildman–Crippen MR) is 43.2 cm³/mol. The minimum Gasteiger partial charge on any atom is -0.394 e. The summed E-state index contributed by atoms with van der Waals surface area (Å²) in [5.74, 6) is 0.849. The van der Waals surface area contributed by atoms with Crippen molar-refractivity contribution < 1.29 is 9.84 Å². The van der Waals surface area contributed by atoms with E-state index in [2.05, 4.69) is 0 Å². The van der Waals surface area contributed by atoms with Crippen molar-refractivity contribution in [2.75, 3.05) is 19.8 Å². The quantitative estimate of drug-likeness (QED) is 0.579. The van der Waals surface area contributed by atoms with Crippen LogP contribution in [0.5, 0.6) is 0 Å². The summed E-state index contributed by atoms with van der Waals surface area (Å²) in [6, 6.07) is 0. The summed E-state index contributed by atoms with van der Waals surface area (Å²) in [6.07, 6.45) is 3.92. The number of rotatable bonds is 6. The largest absolute Gasteiger partial charge is 0.394 e. The van der Waals surface area contributed by atoms with Crippen LogP contribution in [0.2, 0.25) is 0 Å². The minimum absolute atomic E-state index is 0.0984. The lowest BCUT2D eigenvalue weighted by atomic mass is 10.2. The Labute approximate surface area is 67.5 Å². The highest BCUT2D eigenvalue weighted by molar-refractivity contribution is 4.77. The maximum absolute atomic E-state index is 8.49. The van der Waals surface area contributed by atoms with E-state index in [1.807, 2.05) is 0 Å². The van der Waals surface area contributed by atoms with Gasteiger partial charge < -0.3 is 15.6 Å². The topological polar surface area (TPSA) is 55.5 Å². The van der Waals surface area contributed by atoms with Gasteiger partial charge in [-0.2, -0.15) is 0 Å². The van der Waals surface area contributed by atoms with Gasteiger partial charge in [0.2, 0.25) is 0 Å². The summed E-state index contributed by atoms with van der Waals surface area (Å²) < 4.78 is 5.32. The van der Waals surface area contributed by atoms with Gasteiger partial charge in [-0.3, -0.25) is 0 Å². The first-order chi connectivity index (χ1) is 5.36. The van der Waals surface area contributed by atoms with Crippen LogP contribution in [0.3, 0.4) is 0 Å². The third-order valence-corrected chi connectivity index (χ3v) is 2.00. The molecule has 0 spiro atoms. The normalized spacial score (nSPS) is 20.2. The third kappa shape index (κ3) is 3.70. The molecule has 0 radical (unpaired) electrons. The van der Waals surface area contributed by atoms with Crippen molar-refractivity contribution in [3.63, 3.8) is 0 Å². The van der Waals surface area contributed by atoms with Gasteiger partial charge in [0.25, 0.3) is 0 Å². The second-order valence-corrected chi connectivity index (χ2v) is 3.13. The summed E-state index contributed by atoms with van der Waals surface area (Å²) in [7, 11) is 0. The molecule has 0 saturated heterocycles. The van der Waals surface area contributed by atoms with Crippen LogP contribution in [0.15, 0.2) is 0 Å². The van der Waals surface area contributed by atoms with Gasteiger partial charge in [-0.05, 0) is 12.3 Å². The Kier molecular flexibility index (Phi) is 3.83. The molecule has 3 heteroatoms. The van der Waals surface area contributed by atoms with Crippen molar-refractivity contribution in [2.24, 2.45) is 11.7 Å². The van der Waals surface area contributed by atoms with E-state index in [4.69, 9.17) is 15.6 Å². The Morgan fingerprint density at radius 1 is 1.55 bits per heavy atom. The summed E-state index contributed by atoms with van der Waals surface area (Å²) in [4.78, 5) is 0. The molecule has 0 amide bonds. The van der Waals surface area contributed by atoms with Crippen LogP contribution < -0.4 is 5.73 Å². The smallest absolute Gasteiger partial charge is 0.0702 e. The van der Waals surface area contributed by atoms with Crippen LogP contribution in [0, 0.1) is 5.92 Å². The van der Waals surface area contributed by atoms with Gasteiger partial charge in [0.15, 0.2) is 0 Å². The molecule has 3 nitrogen and oxygen atoms in total. The van der Waals surface area contributed by atoms with E-state index in [1.54, 1.807) is 0 Å². The van der Waals surface area contributed by atoms with E-state index in [-0.39, 0.29) is 12.7 Å². The molecule has 1 unspecified atom stereocenters. The summed E-state index contributed by atoms with van der Waals surface area (Å²) in [5.41, 5.74) is 5.48. The fourth-order valence-corrected chi connectivity index (χ4v) is 1.18. The first kappa shape index (κ1) is 8.97. The lowest BCUT2D eigenvalue weighted by Gasteiger charge is -2.14. The van der Waals surface area contributed by atoms with E-state index in [0.717, 1.165) is 12.3 Å². The zero-order valence-corrected chi connectivity index (χ0v) is 6.83. The van der Waals surface area contributed by atoms with Gasteiger partial charge in [-0.25, -0.2) is 0 Å². The monoisotopic (exact) mass is 159 g/mol. The molecule has 1 aliphatic rings. The molecule has 0 heterocycles. The summed E-state index contributed by atoms with van der Waals surface area (Å²) in [5, 5.41) is 8.49. The van der Waals surface area contributed by atoms with Gasteiger partial charge in [0.05, 0.1) is 19.3 Å². The molecule has 1 saturated carbocycles. The average molecular weight is 159 g/mol. The Bertz CT molecular complexity index is 104. The molecule has 11 heavy (non-hydrogen) atoms. The van der Waals surface area contributed by atoms with Gasteiger partial charge in [-0.1, -0.05) is 12.8 Å². The van der Waals surface area contributed by atoms with Crippen LogP contribution in [0.4, 0.5) is 0 Å². The molecule has 0 bridgehead atoms. The predicted octanol–water partition coefficient (Wildman–Crippen LogP) is 0.123. The van der Waals surface area contributed by atoms with Gasteiger partial charge in [0.1, 0.15) is 0 Å². The lowest BCUT2D eigenvalue weighted by Crippen LogP contribution is -2.25. The van der Waals surface area contributed by atoms with Crippen LogP contribution in [-0.2, 0) is 4.74 Å². The van der Waals surface area contributed by atoms with Crippen molar-refractivity contribution in [3.05, 3.63) is 0 Å². The molecule has 1 rings (SSSR count). The Morgan fingerprint density at radius 3 is 2.73 bits per heavy atom. The van der Waals surface area contributed by atoms with Crippen LogP contribution >= 0.6 is 0 Å². The molecule has 0 aromatic heterocycles. The molecule has 0 aromatic rings. The Hall–Kier alpha value is -0.120. The maximum atomic E-state index is 8.49. The van der Waals surface area contributed by atoms with E-state index in [9.17, 15) is 0 Å².